The number of anilines is 1. The van der Waals surface area contributed by atoms with Gasteiger partial charge in [-0.25, -0.2) is 4.98 Å². The van der Waals surface area contributed by atoms with Crippen LogP contribution >= 0.6 is 11.3 Å². The van der Waals surface area contributed by atoms with Gasteiger partial charge in [-0.1, -0.05) is 0 Å². The normalized spacial score (nSPS) is 20.1. The summed E-state index contributed by atoms with van der Waals surface area (Å²) in [5.74, 6) is 0.0353. The summed E-state index contributed by atoms with van der Waals surface area (Å²) in [6.07, 6.45) is 0. The Morgan fingerprint density at radius 3 is 2.90 bits per heavy atom. The van der Waals surface area contributed by atoms with E-state index in [1.807, 2.05) is 24.0 Å². The third-order valence-corrected chi connectivity index (χ3v) is 5.28. The average Bonchev–Trinajstić information content (AvgIpc) is 2.77. The first kappa shape index (κ1) is 14.3. The van der Waals surface area contributed by atoms with Crippen molar-refractivity contribution < 1.29 is 4.79 Å². The molecule has 3 heterocycles. The van der Waals surface area contributed by atoms with Crippen LogP contribution < -0.4 is 5.73 Å². The van der Waals surface area contributed by atoms with Gasteiger partial charge in [-0.3, -0.25) is 4.79 Å². The Morgan fingerprint density at radius 1 is 1.43 bits per heavy atom. The number of carbonyl (C=O) groups excluding carboxylic acids is 1. The maximum Gasteiger partial charge on any atom is 0.266 e. The van der Waals surface area contributed by atoms with Gasteiger partial charge in [0.25, 0.3) is 5.91 Å². The van der Waals surface area contributed by atoms with Crippen LogP contribution in [0.5, 0.6) is 0 Å². The van der Waals surface area contributed by atoms with E-state index in [1.165, 1.54) is 11.3 Å². The van der Waals surface area contributed by atoms with Crippen LogP contribution in [0.2, 0.25) is 0 Å². The second-order valence-electron chi connectivity index (χ2n) is 5.73. The minimum Gasteiger partial charge on any atom is -0.397 e. The van der Waals surface area contributed by atoms with Crippen molar-refractivity contribution in [3.63, 3.8) is 0 Å². The average molecular weight is 304 g/mol. The Morgan fingerprint density at radius 2 is 2.19 bits per heavy atom. The molecule has 21 heavy (non-hydrogen) atoms. The monoisotopic (exact) mass is 304 g/mol. The fraction of sp³-hybridized carbons (Fsp3) is 0.467. The number of pyridine rings is 1. The van der Waals surface area contributed by atoms with Crippen LogP contribution in [0, 0.1) is 6.92 Å². The van der Waals surface area contributed by atoms with Crippen LogP contribution in [-0.4, -0.2) is 53.4 Å². The highest BCUT2D eigenvalue weighted by Crippen LogP contribution is 2.33. The molecule has 3 rings (SSSR count). The molecular formula is C15H20N4OS. The highest BCUT2D eigenvalue weighted by Gasteiger charge is 2.28. The highest BCUT2D eigenvalue weighted by molar-refractivity contribution is 7.21. The standard InChI is InChI=1S/C15H20N4OS/c1-9-4-5-11-12(16)13(21-14(11)17-9)15(20)19-7-6-18(3)10(2)8-19/h4-5,10H,6-8,16H2,1-3H3. The minimum atomic E-state index is 0.0353. The number of nitrogen functional groups attached to an aromatic ring is 1. The number of piperazine rings is 1. The van der Waals surface area contributed by atoms with Crippen LogP contribution in [0.25, 0.3) is 10.2 Å². The number of amides is 1. The Hall–Kier alpha value is -1.66. The molecule has 1 aliphatic rings. The number of fused-ring (bicyclic) bond motifs is 1. The van der Waals surface area contributed by atoms with Gasteiger partial charge in [0, 0.05) is 36.8 Å². The van der Waals surface area contributed by atoms with Crippen molar-refractivity contribution in [3.05, 3.63) is 22.7 Å². The molecule has 0 saturated carbocycles. The third-order valence-electron chi connectivity index (χ3n) is 4.17. The second kappa shape index (κ2) is 5.27. The lowest BCUT2D eigenvalue weighted by atomic mass is 10.2. The van der Waals surface area contributed by atoms with Gasteiger partial charge in [0.1, 0.15) is 9.71 Å². The zero-order valence-corrected chi connectivity index (χ0v) is 13.4. The first-order chi connectivity index (χ1) is 9.97. The lowest BCUT2D eigenvalue weighted by molar-refractivity contribution is 0.0578. The zero-order chi connectivity index (χ0) is 15.1. The summed E-state index contributed by atoms with van der Waals surface area (Å²) in [7, 11) is 2.09. The van der Waals surface area contributed by atoms with Gasteiger partial charge in [-0.15, -0.1) is 11.3 Å². The van der Waals surface area contributed by atoms with Crippen molar-refractivity contribution in [2.45, 2.75) is 19.9 Å². The Balaban J connectivity index is 1.93. The van der Waals surface area contributed by atoms with E-state index in [2.05, 4.69) is 23.9 Å². The Kier molecular flexibility index (Phi) is 3.59. The molecule has 0 aliphatic carbocycles. The van der Waals surface area contributed by atoms with E-state index in [1.54, 1.807) is 0 Å². The number of carbonyl (C=O) groups is 1. The molecule has 1 unspecified atom stereocenters. The van der Waals surface area contributed by atoms with E-state index in [0.717, 1.165) is 35.5 Å². The maximum absolute atomic E-state index is 12.7. The number of likely N-dealkylation sites (N-methyl/N-ethyl adjacent to an activating group) is 1. The number of nitrogens with two attached hydrogens (primary N) is 1. The van der Waals surface area contributed by atoms with E-state index >= 15 is 0 Å². The molecule has 0 radical (unpaired) electrons. The smallest absolute Gasteiger partial charge is 0.266 e. The van der Waals surface area contributed by atoms with E-state index < -0.39 is 0 Å². The fourth-order valence-electron chi connectivity index (χ4n) is 2.63. The number of nitrogens with zero attached hydrogens (tertiary/aromatic N) is 3. The van der Waals surface area contributed by atoms with Gasteiger partial charge in [0.15, 0.2) is 0 Å². The molecule has 0 aromatic carbocycles. The molecule has 1 fully saturated rings. The third kappa shape index (κ3) is 2.49. The molecule has 2 aromatic heterocycles. The van der Waals surface area contributed by atoms with Crippen molar-refractivity contribution in [1.29, 1.82) is 0 Å². The topological polar surface area (TPSA) is 62.5 Å². The molecule has 1 amide bonds. The number of aromatic nitrogens is 1. The number of thiophene rings is 1. The van der Waals surface area contributed by atoms with Crippen LogP contribution in [0.15, 0.2) is 12.1 Å². The number of aryl methyl sites for hydroxylation is 1. The van der Waals surface area contributed by atoms with Crippen LogP contribution in [0.4, 0.5) is 5.69 Å². The number of rotatable bonds is 1. The molecule has 6 heteroatoms. The second-order valence-corrected chi connectivity index (χ2v) is 6.73. The van der Waals surface area contributed by atoms with Crippen LogP contribution in [0.1, 0.15) is 22.3 Å². The summed E-state index contributed by atoms with van der Waals surface area (Å²) < 4.78 is 0. The van der Waals surface area contributed by atoms with Crippen molar-refractivity contribution in [2.75, 3.05) is 32.4 Å². The van der Waals surface area contributed by atoms with Crippen molar-refractivity contribution in [3.8, 4) is 0 Å². The van der Waals surface area contributed by atoms with Crippen molar-refractivity contribution in [1.82, 2.24) is 14.8 Å². The molecule has 0 spiro atoms. The molecule has 1 atom stereocenters. The molecule has 112 valence electrons. The maximum atomic E-state index is 12.7. The van der Waals surface area contributed by atoms with Crippen LogP contribution in [0.3, 0.4) is 0 Å². The van der Waals surface area contributed by atoms with Gasteiger partial charge in [0.05, 0.1) is 5.69 Å². The summed E-state index contributed by atoms with van der Waals surface area (Å²) in [4.78, 5) is 22.8. The van der Waals surface area contributed by atoms with E-state index in [9.17, 15) is 4.79 Å². The highest BCUT2D eigenvalue weighted by atomic mass is 32.1. The van der Waals surface area contributed by atoms with Crippen molar-refractivity contribution >= 4 is 33.1 Å². The lowest BCUT2D eigenvalue weighted by Gasteiger charge is -2.37. The molecule has 2 aromatic rings. The lowest BCUT2D eigenvalue weighted by Crippen LogP contribution is -2.51. The first-order valence-electron chi connectivity index (χ1n) is 7.12. The van der Waals surface area contributed by atoms with Gasteiger partial charge >= 0.3 is 0 Å². The predicted octanol–water partition coefficient (Wildman–Crippen LogP) is 1.96. The zero-order valence-electron chi connectivity index (χ0n) is 12.6. The van der Waals surface area contributed by atoms with E-state index in [0.29, 0.717) is 16.6 Å². The van der Waals surface area contributed by atoms with Gasteiger partial charge in [-0.05, 0) is 33.0 Å². The van der Waals surface area contributed by atoms with E-state index in [-0.39, 0.29) is 5.91 Å². The first-order valence-corrected chi connectivity index (χ1v) is 7.94. The van der Waals surface area contributed by atoms with Gasteiger partial charge < -0.3 is 15.5 Å². The SMILES string of the molecule is Cc1ccc2c(N)c(C(=O)N3CCN(C)C(C)C3)sc2n1. The van der Waals surface area contributed by atoms with Crippen LogP contribution in [-0.2, 0) is 0 Å². The Labute approximate surface area is 128 Å². The summed E-state index contributed by atoms with van der Waals surface area (Å²) in [6, 6.07) is 4.25. The number of hydrogen-bond donors (Lipinski definition) is 1. The fourth-order valence-corrected chi connectivity index (χ4v) is 3.73. The van der Waals surface area contributed by atoms with Gasteiger partial charge in [-0.2, -0.15) is 0 Å². The Bertz CT molecular complexity index is 696. The summed E-state index contributed by atoms with van der Waals surface area (Å²) in [6.45, 7) is 6.47. The minimum absolute atomic E-state index is 0.0353. The largest absolute Gasteiger partial charge is 0.397 e. The summed E-state index contributed by atoms with van der Waals surface area (Å²) in [5, 5.41) is 0.885. The molecule has 1 saturated heterocycles. The predicted molar refractivity (Wildman–Crippen MR) is 86.8 cm³/mol. The molecule has 2 N–H and O–H groups in total. The van der Waals surface area contributed by atoms with Crippen molar-refractivity contribution in [2.24, 2.45) is 0 Å². The molecule has 0 bridgehead atoms. The van der Waals surface area contributed by atoms with Gasteiger partial charge in [0.2, 0.25) is 0 Å². The molecular weight excluding hydrogens is 284 g/mol. The quantitative estimate of drug-likeness (QED) is 0.875. The van der Waals surface area contributed by atoms with E-state index in [4.69, 9.17) is 5.73 Å². The summed E-state index contributed by atoms with van der Waals surface area (Å²) in [5.41, 5.74) is 7.68. The molecule has 5 nitrogen and oxygen atoms in total. The molecule has 1 aliphatic heterocycles. The summed E-state index contributed by atoms with van der Waals surface area (Å²) >= 11 is 1.40. The number of hydrogen-bond acceptors (Lipinski definition) is 5.